The van der Waals surface area contributed by atoms with Crippen LogP contribution < -0.4 is 10.3 Å². The molecule has 0 amide bonds. The van der Waals surface area contributed by atoms with Crippen LogP contribution in [0.5, 0.6) is 5.75 Å². The van der Waals surface area contributed by atoms with E-state index in [4.69, 9.17) is 4.74 Å². The first-order chi connectivity index (χ1) is 10.5. The van der Waals surface area contributed by atoms with Crippen molar-refractivity contribution in [2.45, 2.75) is 6.92 Å². The molecule has 0 fully saturated rings. The van der Waals surface area contributed by atoms with Crippen molar-refractivity contribution in [2.75, 3.05) is 6.61 Å². The molecular formula is C16H11BrF2NO2Y-. The number of benzene rings is 1. The van der Waals surface area contributed by atoms with Crippen molar-refractivity contribution in [3.63, 3.8) is 0 Å². The average molecular weight is 456 g/mol. The number of nitrogens with zero attached hydrogens (tertiary/aromatic N) is 1. The van der Waals surface area contributed by atoms with Crippen molar-refractivity contribution in [1.82, 2.24) is 4.57 Å². The first-order valence-electron chi connectivity index (χ1n) is 6.24. The Balaban J connectivity index is 0.00000264. The van der Waals surface area contributed by atoms with Crippen molar-refractivity contribution >= 4 is 15.9 Å². The predicted molar refractivity (Wildman–Crippen MR) is 82.5 cm³/mol. The van der Waals surface area contributed by atoms with Gasteiger partial charge in [0.2, 0.25) is 5.56 Å². The smallest absolute Gasteiger partial charge is 0.208 e. The Morgan fingerprint density at radius 1 is 1.35 bits per heavy atom. The Morgan fingerprint density at radius 3 is 2.52 bits per heavy atom. The van der Waals surface area contributed by atoms with E-state index in [9.17, 15) is 13.6 Å². The van der Waals surface area contributed by atoms with Gasteiger partial charge in [-0.25, -0.2) is 8.78 Å². The van der Waals surface area contributed by atoms with Crippen LogP contribution in [-0.4, -0.2) is 11.2 Å². The molecule has 0 N–H and O–H groups in total. The molecule has 0 saturated heterocycles. The van der Waals surface area contributed by atoms with Crippen LogP contribution in [-0.2, 0) is 39.8 Å². The Labute approximate surface area is 166 Å². The van der Waals surface area contributed by atoms with E-state index < -0.39 is 17.2 Å². The summed E-state index contributed by atoms with van der Waals surface area (Å²) in [5.41, 5.74) is -0.727. The van der Waals surface area contributed by atoms with Crippen LogP contribution in [0.1, 0.15) is 6.92 Å². The van der Waals surface area contributed by atoms with Gasteiger partial charge in [-0.2, -0.15) is 12.1 Å². The third-order valence-corrected chi connectivity index (χ3v) is 3.49. The average Bonchev–Trinajstić information content (AvgIpc) is 2.47. The maximum absolute atomic E-state index is 14.2. The number of rotatable bonds is 3. The Hall–Kier alpha value is -1.03. The Kier molecular flexibility index (Phi) is 7.59. The zero-order valence-electron chi connectivity index (χ0n) is 12.4. The van der Waals surface area contributed by atoms with Crippen molar-refractivity contribution in [3.05, 3.63) is 50.7 Å². The molecule has 2 rings (SSSR count). The topological polar surface area (TPSA) is 31.2 Å². The van der Waals surface area contributed by atoms with E-state index in [1.165, 1.54) is 13.1 Å². The fraction of sp³-hybridized carbons (Fsp3) is 0.188. The number of hydrogen-bond acceptors (Lipinski definition) is 2. The minimum Gasteiger partial charge on any atom is -0.481 e. The maximum atomic E-state index is 14.2. The first-order valence-corrected chi connectivity index (χ1v) is 7.04. The van der Waals surface area contributed by atoms with Crippen LogP contribution in [0.15, 0.2) is 27.5 Å². The van der Waals surface area contributed by atoms with Gasteiger partial charge in [0.05, 0.1) is 11.6 Å². The van der Waals surface area contributed by atoms with Crippen LogP contribution in [0.4, 0.5) is 8.78 Å². The summed E-state index contributed by atoms with van der Waals surface area (Å²) >= 11 is 3.05. The van der Waals surface area contributed by atoms with E-state index in [-0.39, 0.29) is 60.8 Å². The third-order valence-electron chi connectivity index (χ3n) is 2.92. The Bertz CT molecular complexity index is 817. The molecule has 0 unspecified atom stereocenters. The number of halogens is 3. The van der Waals surface area contributed by atoms with Gasteiger partial charge < -0.3 is 9.30 Å². The Morgan fingerprint density at radius 2 is 1.96 bits per heavy atom. The molecule has 1 radical (unpaired) electrons. The van der Waals surface area contributed by atoms with Crippen LogP contribution in [0.2, 0.25) is 0 Å². The van der Waals surface area contributed by atoms with Crippen molar-refractivity contribution < 1.29 is 46.2 Å². The van der Waals surface area contributed by atoms with E-state index in [2.05, 4.69) is 33.8 Å². The summed E-state index contributed by atoms with van der Waals surface area (Å²) in [5, 5.41) is 0. The second kappa shape index (κ2) is 8.72. The summed E-state index contributed by atoms with van der Waals surface area (Å²) in [6, 6.07) is 6.12. The molecule has 7 heteroatoms. The monoisotopic (exact) mass is 455 g/mol. The SMILES string of the molecule is CC#CCOc1cc(F)c(-c2[c-]cc(Br)c(=O)n2C)c(F)c1.[Y]. The van der Waals surface area contributed by atoms with E-state index >= 15 is 0 Å². The summed E-state index contributed by atoms with van der Waals surface area (Å²) in [6.07, 6.45) is 0. The van der Waals surface area contributed by atoms with Crippen LogP contribution in [0, 0.1) is 29.5 Å². The molecule has 2 aromatic rings. The normalized spacial score (nSPS) is 9.61. The fourth-order valence-electron chi connectivity index (χ4n) is 1.84. The molecular weight excluding hydrogens is 445 g/mol. The van der Waals surface area contributed by atoms with Gasteiger partial charge in [0.1, 0.15) is 12.4 Å². The second-order valence-electron chi connectivity index (χ2n) is 4.33. The minimum absolute atomic E-state index is 0. The van der Waals surface area contributed by atoms with Gasteiger partial charge >= 0.3 is 0 Å². The molecule has 3 nitrogen and oxygen atoms in total. The van der Waals surface area contributed by atoms with Gasteiger partial charge in [0, 0.05) is 51.9 Å². The molecule has 117 valence electrons. The molecule has 0 aliphatic carbocycles. The second-order valence-corrected chi connectivity index (χ2v) is 5.18. The summed E-state index contributed by atoms with van der Waals surface area (Å²) in [5.74, 6) is 3.60. The van der Waals surface area contributed by atoms with E-state index in [0.29, 0.717) is 0 Å². The van der Waals surface area contributed by atoms with Crippen LogP contribution in [0.3, 0.4) is 0 Å². The van der Waals surface area contributed by atoms with Gasteiger partial charge in [-0.3, -0.25) is 4.79 Å². The van der Waals surface area contributed by atoms with Crippen molar-refractivity contribution in [2.24, 2.45) is 7.05 Å². The quantitative estimate of drug-likeness (QED) is 0.525. The van der Waals surface area contributed by atoms with Gasteiger partial charge in [0.15, 0.2) is 0 Å². The van der Waals surface area contributed by atoms with E-state index in [0.717, 1.165) is 16.7 Å². The first kappa shape index (κ1) is 20.0. The van der Waals surface area contributed by atoms with Crippen molar-refractivity contribution in [3.8, 4) is 28.8 Å². The van der Waals surface area contributed by atoms with Gasteiger partial charge in [0.25, 0.3) is 0 Å². The zero-order valence-corrected chi connectivity index (χ0v) is 16.8. The van der Waals surface area contributed by atoms with Gasteiger partial charge in [-0.15, -0.1) is 21.9 Å². The number of pyridine rings is 1. The molecule has 0 bridgehead atoms. The van der Waals surface area contributed by atoms with E-state index in [1.54, 1.807) is 6.92 Å². The number of ether oxygens (including phenoxy) is 1. The molecule has 1 heterocycles. The fourth-order valence-corrected chi connectivity index (χ4v) is 2.22. The summed E-state index contributed by atoms with van der Waals surface area (Å²) in [6.45, 7) is 1.68. The molecule has 0 aliphatic rings. The summed E-state index contributed by atoms with van der Waals surface area (Å²) < 4.78 is 34.9. The van der Waals surface area contributed by atoms with Crippen LogP contribution in [0.25, 0.3) is 11.3 Å². The molecule has 0 saturated carbocycles. The molecule has 23 heavy (non-hydrogen) atoms. The zero-order chi connectivity index (χ0) is 16.3. The standard InChI is InChI=1S/C16H11BrF2NO2.Y/c1-3-4-7-22-10-8-12(18)15(13(19)9-10)14-6-5-11(17)16(21)20(14)2;/h5,8-9H,7H2,1-2H3;/q-1;. The largest absolute Gasteiger partial charge is 0.481 e. The predicted octanol–water partition coefficient (Wildman–Crippen LogP) is 3.29. The summed E-state index contributed by atoms with van der Waals surface area (Å²) in [7, 11) is 1.42. The molecule has 0 aliphatic heterocycles. The summed E-state index contributed by atoms with van der Waals surface area (Å²) in [4.78, 5) is 11.8. The van der Waals surface area contributed by atoms with Gasteiger partial charge in [-0.1, -0.05) is 11.6 Å². The third kappa shape index (κ3) is 4.50. The molecule has 1 aromatic heterocycles. The number of hydrogen-bond donors (Lipinski definition) is 0. The molecule has 0 atom stereocenters. The molecule has 1 aromatic carbocycles. The van der Waals surface area contributed by atoms with E-state index in [1.807, 2.05) is 0 Å². The number of aromatic nitrogens is 1. The van der Waals surface area contributed by atoms with Crippen molar-refractivity contribution in [1.29, 1.82) is 0 Å². The molecule has 0 spiro atoms. The minimum atomic E-state index is -0.840. The maximum Gasteiger partial charge on any atom is 0.208 e. The van der Waals surface area contributed by atoms with Crippen LogP contribution >= 0.6 is 15.9 Å². The van der Waals surface area contributed by atoms with Gasteiger partial charge in [-0.05, 0) is 17.0 Å².